The van der Waals surface area contributed by atoms with Gasteiger partial charge in [-0.3, -0.25) is 0 Å². The summed E-state index contributed by atoms with van der Waals surface area (Å²) >= 11 is 0. The molecule has 0 bridgehead atoms. The van der Waals surface area contributed by atoms with Crippen LogP contribution in [0.1, 0.15) is 17.2 Å². The fourth-order valence-electron chi connectivity index (χ4n) is 0.932. The molecule has 0 aliphatic rings. The number of benzene rings is 1. The number of rotatable bonds is 2. The highest BCUT2D eigenvalue weighted by molar-refractivity contribution is 5.35. The molecule has 3 N–H and O–H groups in total. The molecule has 0 saturated carbocycles. The summed E-state index contributed by atoms with van der Waals surface area (Å²) in [6, 6.07) is 6.97. The second-order valence-corrected chi connectivity index (χ2v) is 2.56. The van der Waals surface area contributed by atoms with Crippen molar-refractivity contribution in [2.45, 2.75) is 6.04 Å². The summed E-state index contributed by atoms with van der Waals surface area (Å²) < 4.78 is 0. The Labute approximate surface area is 72.0 Å². The van der Waals surface area contributed by atoms with Crippen LogP contribution in [0, 0.1) is 12.3 Å². The Morgan fingerprint density at radius 1 is 1.42 bits per heavy atom. The third kappa shape index (κ3) is 1.85. The highest BCUT2D eigenvalue weighted by atomic mass is 16.3. The maximum Gasteiger partial charge on any atom is 0.0624 e. The van der Waals surface area contributed by atoms with Gasteiger partial charge in [0, 0.05) is 5.56 Å². The van der Waals surface area contributed by atoms with E-state index >= 15 is 0 Å². The fourth-order valence-corrected chi connectivity index (χ4v) is 0.932. The molecular weight excluding hydrogens is 150 g/mol. The molecule has 0 heterocycles. The lowest BCUT2D eigenvalue weighted by molar-refractivity contribution is 0.268. The van der Waals surface area contributed by atoms with E-state index in [-0.39, 0.29) is 12.6 Å². The van der Waals surface area contributed by atoms with Gasteiger partial charge in [0.15, 0.2) is 0 Å². The number of hydrogen-bond donors (Lipinski definition) is 2. The van der Waals surface area contributed by atoms with Gasteiger partial charge in [-0.15, -0.1) is 6.42 Å². The van der Waals surface area contributed by atoms with E-state index in [0.29, 0.717) is 0 Å². The van der Waals surface area contributed by atoms with Crippen molar-refractivity contribution in [1.82, 2.24) is 0 Å². The summed E-state index contributed by atoms with van der Waals surface area (Å²) in [5, 5.41) is 8.75. The van der Waals surface area contributed by atoms with E-state index in [1.54, 1.807) is 0 Å². The average molecular weight is 161 g/mol. The van der Waals surface area contributed by atoms with Crippen LogP contribution in [-0.4, -0.2) is 11.7 Å². The van der Waals surface area contributed by atoms with Gasteiger partial charge >= 0.3 is 0 Å². The minimum Gasteiger partial charge on any atom is -0.394 e. The summed E-state index contributed by atoms with van der Waals surface area (Å²) in [5.41, 5.74) is 7.31. The highest BCUT2D eigenvalue weighted by Gasteiger charge is 2.02. The molecule has 0 unspecified atom stereocenters. The molecule has 0 fully saturated rings. The molecule has 1 aromatic rings. The molecule has 1 aromatic carbocycles. The highest BCUT2D eigenvalue weighted by Crippen LogP contribution is 2.10. The molecule has 0 aliphatic carbocycles. The van der Waals surface area contributed by atoms with Crippen LogP contribution >= 0.6 is 0 Å². The number of terminal acetylenes is 1. The lowest BCUT2D eigenvalue weighted by Gasteiger charge is -2.07. The predicted octanol–water partition coefficient (Wildman–Crippen LogP) is 0.660. The lowest BCUT2D eigenvalue weighted by atomic mass is 10.1. The van der Waals surface area contributed by atoms with Crippen molar-refractivity contribution >= 4 is 0 Å². The zero-order valence-electron chi connectivity index (χ0n) is 6.70. The van der Waals surface area contributed by atoms with Gasteiger partial charge in [-0.25, -0.2) is 0 Å². The Hall–Kier alpha value is -1.30. The van der Waals surface area contributed by atoms with Crippen LogP contribution in [0.5, 0.6) is 0 Å². The summed E-state index contributed by atoms with van der Waals surface area (Å²) in [5.74, 6) is 2.51. The average Bonchev–Trinajstić information content (AvgIpc) is 2.17. The van der Waals surface area contributed by atoms with Gasteiger partial charge < -0.3 is 10.8 Å². The van der Waals surface area contributed by atoms with E-state index in [2.05, 4.69) is 5.92 Å². The normalized spacial score (nSPS) is 12.1. The van der Waals surface area contributed by atoms with Gasteiger partial charge in [0.25, 0.3) is 0 Å². The number of hydrogen-bond acceptors (Lipinski definition) is 2. The van der Waals surface area contributed by atoms with E-state index in [1.807, 2.05) is 24.3 Å². The molecule has 0 spiro atoms. The van der Waals surface area contributed by atoms with Crippen molar-refractivity contribution in [3.05, 3.63) is 35.4 Å². The SMILES string of the molecule is C#Cc1ccc([C@H](N)CO)cc1. The summed E-state index contributed by atoms with van der Waals surface area (Å²) in [6.45, 7) is -0.0462. The summed E-state index contributed by atoms with van der Waals surface area (Å²) in [6.07, 6.45) is 5.18. The summed E-state index contributed by atoms with van der Waals surface area (Å²) in [7, 11) is 0. The van der Waals surface area contributed by atoms with Crippen molar-refractivity contribution < 1.29 is 5.11 Å². The van der Waals surface area contributed by atoms with E-state index in [9.17, 15) is 0 Å². The van der Waals surface area contributed by atoms with Crippen molar-refractivity contribution in [2.75, 3.05) is 6.61 Å². The molecular formula is C10H11NO. The molecule has 0 aliphatic heterocycles. The van der Waals surface area contributed by atoms with Crippen molar-refractivity contribution in [3.8, 4) is 12.3 Å². The van der Waals surface area contributed by atoms with E-state index in [4.69, 9.17) is 17.3 Å². The standard InChI is InChI=1S/C10H11NO/c1-2-8-3-5-9(6-4-8)10(11)7-12/h1,3-6,10,12H,7,11H2/t10-/m1/s1. The van der Waals surface area contributed by atoms with Crippen LogP contribution in [0.3, 0.4) is 0 Å². The molecule has 2 heteroatoms. The first-order valence-electron chi connectivity index (χ1n) is 3.71. The number of aliphatic hydroxyl groups excluding tert-OH is 1. The molecule has 0 saturated heterocycles. The van der Waals surface area contributed by atoms with Crippen molar-refractivity contribution in [3.63, 3.8) is 0 Å². The Morgan fingerprint density at radius 2 is 2.00 bits per heavy atom. The Bertz CT molecular complexity index is 284. The van der Waals surface area contributed by atoms with Gasteiger partial charge in [-0.1, -0.05) is 18.1 Å². The van der Waals surface area contributed by atoms with E-state index in [0.717, 1.165) is 11.1 Å². The second-order valence-electron chi connectivity index (χ2n) is 2.56. The van der Waals surface area contributed by atoms with E-state index in [1.165, 1.54) is 0 Å². The molecule has 12 heavy (non-hydrogen) atoms. The van der Waals surface area contributed by atoms with Crippen molar-refractivity contribution in [2.24, 2.45) is 5.73 Å². The maximum absolute atomic E-state index is 8.75. The molecule has 62 valence electrons. The van der Waals surface area contributed by atoms with Gasteiger partial charge in [0.1, 0.15) is 0 Å². The summed E-state index contributed by atoms with van der Waals surface area (Å²) in [4.78, 5) is 0. The van der Waals surface area contributed by atoms with Crippen LogP contribution in [-0.2, 0) is 0 Å². The molecule has 2 nitrogen and oxygen atoms in total. The van der Waals surface area contributed by atoms with Gasteiger partial charge in [0.05, 0.1) is 12.6 Å². The van der Waals surface area contributed by atoms with E-state index < -0.39 is 0 Å². The second kappa shape index (κ2) is 3.91. The van der Waals surface area contributed by atoms with Gasteiger partial charge in [-0.05, 0) is 17.7 Å². The lowest BCUT2D eigenvalue weighted by Crippen LogP contribution is -2.14. The number of aliphatic hydroxyl groups is 1. The molecule has 1 atom stereocenters. The maximum atomic E-state index is 8.75. The minimum absolute atomic E-state index is 0.0462. The Kier molecular flexibility index (Phi) is 2.87. The van der Waals surface area contributed by atoms with Crippen molar-refractivity contribution in [1.29, 1.82) is 0 Å². The van der Waals surface area contributed by atoms with Crippen LogP contribution in [0.25, 0.3) is 0 Å². The largest absolute Gasteiger partial charge is 0.394 e. The Balaban J connectivity index is 2.86. The fraction of sp³-hybridized carbons (Fsp3) is 0.200. The first-order chi connectivity index (χ1) is 5.77. The van der Waals surface area contributed by atoms with Gasteiger partial charge in [-0.2, -0.15) is 0 Å². The third-order valence-corrected chi connectivity index (χ3v) is 1.70. The number of nitrogens with two attached hydrogens (primary N) is 1. The quantitative estimate of drug-likeness (QED) is 0.626. The first-order valence-corrected chi connectivity index (χ1v) is 3.71. The van der Waals surface area contributed by atoms with Crippen LogP contribution < -0.4 is 5.73 Å². The van der Waals surface area contributed by atoms with Crippen LogP contribution in [0.15, 0.2) is 24.3 Å². The molecule has 0 aromatic heterocycles. The monoisotopic (exact) mass is 161 g/mol. The Morgan fingerprint density at radius 3 is 2.42 bits per heavy atom. The van der Waals surface area contributed by atoms with Crippen LogP contribution in [0.4, 0.5) is 0 Å². The topological polar surface area (TPSA) is 46.2 Å². The van der Waals surface area contributed by atoms with Gasteiger partial charge in [0.2, 0.25) is 0 Å². The smallest absolute Gasteiger partial charge is 0.0624 e. The zero-order valence-corrected chi connectivity index (χ0v) is 6.70. The third-order valence-electron chi connectivity index (χ3n) is 1.70. The predicted molar refractivity (Wildman–Crippen MR) is 48.4 cm³/mol. The minimum atomic E-state index is -0.308. The molecule has 0 amide bonds. The zero-order chi connectivity index (χ0) is 8.97. The first kappa shape index (κ1) is 8.79. The molecule has 0 radical (unpaired) electrons. The molecule has 1 rings (SSSR count). The van der Waals surface area contributed by atoms with Crippen LogP contribution in [0.2, 0.25) is 0 Å².